The lowest BCUT2D eigenvalue weighted by Crippen LogP contribution is -2.35. The zero-order chi connectivity index (χ0) is 7.56. The van der Waals surface area contributed by atoms with Crippen molar-refractivity contribution in [3.8, 4) is 0 Å². The van der Waals surface area contributed by atoms with Crippen LogP contribution >= 0.6 is 12.4 Å². The molecular weight excluding hydrogens is 168 g/mol. The molecule has 1 heterocycles. The lowest BCUT2D eigenvalue weighted by Gasteiger charge is -1.85. The molecule has 0 aliphatic rings. The minimum absolute atomic E-state index is 0. The summed E-state index contributed by atoms with van der Waals surface area (Å²) < 4.78 is 3.39. The predicted molar refractivity (Wildman–Crippen MR) is 40.5 cm³/mol. The highest BCUT2D eigenvalue weighted by molar-refractivity contribution is 5.85. The number of carbonyl (C=O) groups is 1. The molecule has 0 aliphatic heterocycles. The number of imidazole rings is 1. The minimum Gasteiger partial charge on any atom is -0.478 e. The smallest absolute Gasteiger partial charge is 0.346 e. The first-order chi connectivity index (χ1) is 4.68. The monoisotopic (exact) mass is 177 g/mol. The van der Waals surface area contributed by atoms with Crippen molar-refractivity contribution in [2.24, 2.45) is 7.05 Å². The summed E-state index contributed by atoms with van der Waals surface area (Å²) in [4.78, 5) is 10.1. The first-order valence-electron chi connectivity index (χ1n) is 2.91. The quantitative estimate of drug-likeness (QED) is 0.637. The Balaban J connectivity index is 0.000001000. The number of hydrogen-bond donors (Lipinski definition) is 1. The van der Waals surface area contributed by atoms with Gasteiger partial charge in [-0.25, -0.2) is 13.9 Å². The van der Waals surface area contributed by atoms with Gasteiger partial charge in [0.2, 0.25) is 6.33 Å². The van der Waals surface area contributed by atoms with Crippen LogP contribution in [0.2, 0.25) is 0 Å². The molecule has 1 N–H and O–H groups in total. The molecule has 0 fully saturated rings. The number of carboxylic acids is 1. The third-order valence-electron chi connectivity index (χ3n) is 1.14. The van der Waals surface area contributed by atoms with Gasteiger partial charge >= 0.3 is 5.97 Å². The number of aryl methyl sites for hydroxylation is 1. The molecule has 1 aromatic heterocycles. The highest BCUT2D eigenvalue weighted by Gasteiger charge is 2.03. The second-order valence-corrected chi connectivity index (χ2v) is 2.15. The molecule has 1 aromatic rings. The number of aliphatic carboxylic acids is 1. The van der Waals surface area contributed by atoms with Crippen LogP contribution in [0, 0.1) is 0 Å². The van der Waals surface area contributed by atoms with E-state index in [0.29, 0.717) is 0 Å². The molecular formula is C6H10ClN2O2+. The second kappa shape index (κ2) is 3.98. The Bertz CT molecular complexity index is 246. The average Bonchev–Trinajstić information content (AvgIpc) is 2.13. The van der Waals surface area contributed by atoms with Gasteiger partial charge in [-0.2, -0.15) is 0 Å². The van der Waals surface area contributed by atoms with Crippen molar-refractivity contribution < 1.29 is 14.5 Å². The Hall–Kier alpha value is -1.03. The van der Waals surface area contributed by atoms with E-state index in [1.165, 1.54) is 0 Å². The predicted octanol–water partition coefficient (Wildman–Crippen LogP) is -0.181. The number of halogens is 1. The van der Waals surface area contributed by atoms with Crippen LogP contribution in [0.1, 0.15) is 0 Å². The Labute approximate surface area is 70.5 Å². The van der Waals surface area contributed by atoms with Crippen LogP contribution in [0.15, 0.2) is 18.7 Å². The molecule has 0 bridgehead atoms. The third-order valence-corrected chi connectivity index (χ3v) is 1.14. The topological polar surface area (TPSA) is 46.1 Å². The average molecular weight is 178 g/mol. The lowest BCUT2D eigenvalue weighted by atomic mass is 10.6. The van der Waals surface area contributed by atoms with Gasteiger partial charge in [0.25, 0.3) is 0 Å². The van der Waals surface area contributed by atoms with Gasteiger partial charge < -0.3 is 5.11 Å². The molecule has 0 amide bonds. The van der Waals surface area contributed by atoms with Gasteiger partial charge in [-0.1, -0.05) is 0 Å². The number of aromatic nitrogens is 2. The Morgan fingerprint density at radius 1 is 1.73 bits per heavy atom. The fourth-order valence-electron chi connectivity index (χ4n) is 0.751. The Kier molecular flexibility index (Phi) is 3.60. The fourth-order valence-corrected chi connectivity index (χ4v) is 0.751. The summed E-state index contributed by atoms with van der Waals surface area (Å²) in [5.41, 5.74) is 0. The van der Waals surface area contributed by atoms with Crippen LogP contribution in [0.5, 0.6) is 0 Å². The van der Waals surface area contributed by atoms with Crippen molar-refractivity contribution in [2.45, 2.75) is 6.54 Å². The van der Waals surface area contributed by atoms with E-state index in [1.807, 2.05) is 7.05 Å². The van der Waals surface area contributed by atoms with E-state index in [0.717, 1.165) is 0 Å². The lowest BCUT2D eigenvalue weighted by molar-refractivity contribution is -0.685. The van der Waals surface area contributed by atoms with Gasteiger partial charge in [-0.3, -0.25) is 0 Å². The molecule has 11 heavy (non-hydrogen) atoms. The molecule has 62 valence electrons. The summed E-state index contributed by atoms with van der Waals surface area (Å²) in [5, 5.41) is 8.35. The van der Waals surface area contributed by atoms with Crippen molar-refractivity contribution in [1.29, 1.82) is 0 Å². The molecule has 1 rings (SSSR count). The third kappa shape index (κ3) is 3.04. The second-order valence-electron chi connectivity index (χ2n) is 2.15. The molecule has 4 nitrogen and oxygen atoms in total. The van der Waals surface area contributed by atoms with Crippen molar-refractivity contribution in [3.05, 3.63) is 18.7 Å². The van der Waals surface area contributed by atoms with Crippen LogP contribution in [0.4, 0.5) is 0 Å². The molecule has 5 heteroatoms. The van der Waals surface area contributed by atoms with Crippen LogP contribution in [-0.4, -0.2) is 15.6 Å². The molecule has 0 aromatic carbocycles. The molecule has 0 saturated heterocycles. The highest BCUT2D eigenvalue weighted by atomic mass is 35.5. The summed E-state index contributed by atoms with van der Waals surface area (Å²) in [5.74, 6) is -0.823. The van der Waals surface area contributed by atoms with E-state index in [4.69, 9.17) is 5.11 Å². The molecule has 0 saturated carbocycles. The molecule has 0 radical (unpaired) electrons. The molecule has 0 atom stereocenters. The summed E-state index contributed by atoms with van der Waals surface area (Å²) in [6.45, 7) is 0.0286. The van der Waals surface area contributed by atoms with Crippen LogP contribution in [-0.2, 0) is 18.4 Å². The molecule has 0 spiro atoms. The van der Waals surface area contributed by atoms with Crippen LogP contribution < -0.4 is 4.57 Å². The van der Waals surface area contributed by atoms with Gasteiger partial charge in [0, 0.05) is 0 Å². The minimum atomic E-state index is -0.823. The number of nitrogens with zero attached hydrogens (tertiary/aromatic N) is 2. The zero-order valence-corrected chi connectivity index (χ0v) is 6.91. The maximum Gasteiger partial charge on any atom is 0.346 e. The van der Waals surface area contributed by atoms with Gasteiger partial charge in [0.15, 0.2) is 6.54 Å². The van der Waals surface area contributed by atoms with Crippen molar-refractivity contribution in [1.82, 2.24) is 4.57 Å². The standard InChI is InChI=1S/C6H8N2O2.ClH/c1-7-2-3-8(5-7)4-6(9)10;/h2-3,5H,4H2,1H3;1H/p+1. The van der Waals surface area contributed by atoms with Crippen molar-refractivity contribution in [3.63, 3.8) is 0 Å². The van der Waals surface area contributed by atoms with E-state index in [9.17, 15) is 4.79 Å². The normalized spacial score (nSPS) is 8.82. The number of hydrogen-bond acceptors (Lipinski definition) is 1. The number of rotatable bonds is 2. The van der Waals surface area contributed by atoms with Gasteiger partial charge in [-0.05, 0) is 0 Å². The molecule has 0 aliphatic carbocycles. The molecule has 0 unspecified atom stereocenters. The Morgan fingerprint density at radius 2 is 2.36 bits per heavy atom. The van der Waals surface area contributed by atoms with E-state index < -0.39 is 5.97 Å². The van der Waals surface area contributed by atoms with Gasteiger partial charge in [-0.15, -0.1) is 12.4 Å². The Morgan fingerprint density at radius 3 is 2.73 bits per heavy atom. The highest BCUT2D eigenvalue weighted by Crippen LogP contribution is 1.76. The first-order valence-corrected chi connectivity index (χ1v) is 2.91. The SMILES string of the molecule is Cl.Cn1cc[n+](CC(=O)O)c1. The summed E-state index contributed by atoms with van der Waals surface area (Å²) in [6, 6.07) is 0. The zero-order valence-electron chi connectivity index (χ0n) is 6.10. The van der Waals surface area contributed by atoms with Gasteiger partial charge in [0.05, 0.1) is 7.05 Å². The van der Waals surface area contributed by atoms with E-state index in [1.54, 1.807) is 27.9 Å². The maximum absolute atomic E-state index is 10.1. The summed E-state index contributed by atoms with van der Waals surface area (Å²) in [7, 11) is 1.85. The van der Waals surface area contributed by atoms with E-state index in [2.05, 4.69) is 0 Å². The van der Waals surface area contributed by atoms with Crippen LogP contribution in [0.3, 0.4) is 0 Å². The van der Waals surface area contributed by atoms with Crippen molar-refractivity contribution in [2.75, 3.05) is 0 Å². The number of carboxylic acid groups (broad SMARTS) is 1. The largest absolute Gasteiger partial charge is 0.478 e. The van der Waals surface area contributed by atoms with Crippen molar-refractivity contribution >= 4 is 18.4 Å². The van der Waals surface area contributed by atoms with Gasteiger partial charge in [0.1, 0.15) is 12.4 Å². The van der Waals surface area contributed by atoms with Crippen LogP contribution in [0.25, 0.3) is 0 Å². The van der Waals surface area contributed by atoms with E-state index in [-0.39, 0.29) is 19.0 Å². The summed E-state index contributed by atoms with van der Waals surface area (Å²) >= 11 is 0. The summed E-state index contributed by atoms with van der Waals surface area (Å²) in [6.07, 6.45) is 5.23. The maximum atomic E-state index is 10.1. The first kappa shape index (κ1) is 9.97. The van der Waals surface area contributed by atoms with E-state index >= 15 is 0 Å². The fraction of sp³-hybridized carbons (Fsp3) is 0.333.